The average molecular weight is 303 g/mol. The molecule has 1 amide bonds. The molecule has 0 aliphatic carbocycles. The van der Waals surface area contributed by atoms with Gasteiger partial charge in [0.15, 0.2) is 0 Å². The molecule has 1 heterocycles. The van der Waals surface area contributed by atoms with Crippen LogP contribution in [0.15, 0.2) is 24.5 Å². The molecule has 1 aromatic heterocycles. The molecule has 1 aromatic carbocycles. The summed E-state index contributed by atoms with van der Waals surface area (Å²) in [7, 11) is 0. The first-order chi connectivity index (χ1) is 10.3. The summed E-state index contributed by atoms with van der Waals surface area (Å²) in [4.78, 5) is 19.9. The predicted octanol–water partition coefficient (Wildman–Crippen LogP) is 2.15. The lowest BCUT2D eigenvalue weighted by molar-refractivity contribution is 0.0530. The first-order valence-corrected chi connectivity index (χ1v) is 7.06. The summed E-state index contributed by atoms with van der Waals surface area (Å²) in [5.41, 5.74) is 6.75. The number of nitrogens with two attached hydrogens (primary N) is 1. The molecule has 0 saturated carbocycles. The van der Waals surface area contributed by atoms with Gasteiger partial charge in [-0.15, -0.1) is 0 Å². The number of anilines is 2. The fourth-order valence-electron chi connectivity index (χ4n) is 1.87. The van der Waals surface area contributed by atoms with E-state index in [4.69, 9.17) is 10.5 Å². The number of fused-ring (bicyclic) bond motifs is 1. The zero-order chi connectivity index (χ0) is 16.2. The van der Waals surface area contributed by atoms with Crippen LogP contribution in [0.2, 0.25) is 0 Å². The lowest BCUT2D eigenvalue weighted by Crippen LogP contribution is -2.35. The molecule has 2 aromatic rings. The van der Waals surface area contributed by atoms with E-state index in [1.165, 1.54) is 6.33 Å². The first kappa shape index (κ1) is 15.8. The van der Waals surface area contributed by atoms with Gasteiger partial charge in [-0.25, -0.2) is 14.8 Å². The lowest BCUT2D eigenvalue weighted by Gasteiger charge is -2.19. The van der Waals surface area contributed by atoms with Crippen LogP contribution in [0.25, 0.3) is 10.9 Å². The van der Waals surface area contributed by atoms with Crippen molar-refractivity contribution in [1.82, 2.24) is 15.3 Å². The van der Waals surface area contributed by atoms with Crippen molar-refractivity contribution in [3.05, 3.63) is 24.5 Å². The van der Waals surface area contributed by atoms with Crippen LogP contribution in [0.4, 0.5) is 16.3 Å². The second-order valence-corrected chi connectivity index (χ2v) is 5.85. The van der Waals surface area contributed by atoms with E-state index in [0.717, 1.165) is 10.9 Å². The van der Waals surface area contributed by atoms with Crippen LogP contribution < -0.4 is 16.4 Å². The molecule has 2 rings (SSSR count). The highest BCUT2D eigenvalue weighted by Crippen LogP contribution is 2.21. The summed E-state index contributed by atoms with van der Waals surface area (Å²) in [6, 6.07) is 5.46. The first-order valence-electron chi connectivity index (χ1n) is 7.06. The van der Waals surface area contributed by atoms with E-state index in [-0.39, 0.29) is 0 Å². The maximum atomic E-state index is 11.5. The van der Waals surface area contributed by atoms with Crippen molar-refractivity contribution in [3.63, 3.8) is 0 Å². The van der Waals surface area contributed by atoms with Crippen molar-refractivity contribution in [2.24, 2.45) is 0 Å². The molecule has 7 nitrogen and oxygen atoms in total. The van der Waals surface area contributed by atoms with E-state index in [1.807, 2.05) is 32.9 Å². The second-order valence-electron chi connectivity index (χ2n) is 5.85. The number of aromatic nitrogens is 2. The summed E-state index contributed by atoms with van der Waals surface area (Å²) in [6.07, 6.45) is 1.05. The number of nitrogens with zero attached hydrogens (tertiary/aromatic N) is 2. The van der Waals surface area contributed by atoms with E-state index in [2.05, 4.69) is 20.6 Å². The van der Waals surface area contributed by atoms with Crippen molar-refractivity contribution in [3.8, 4) is 0 Å². The fourth-order valence-corrected chi connectivity index (χ4v) is 1.87. The molecule has 0 atom stereocenters. The number of rotatable bonds is 4. The van der Waals surface area contributed by atoms with E-state index >= 15 is 0 Å². The second kappa shape index (κ2) is 6.46. The van der Waals surface area contributed by atoms with E-state index in [9.17, 15) is 4.79 Å². The molecule has 0 fully saturated rings. The molecule has 0 spiro atoms. The van der Waals surface area contributed by atoms with Crippen LogP contribution in [0, 0.1) is 0 Å². The van der Waals surface area contributed by atoms with Crippen LogP contribution in [0.3, 0.4) is 0 Å². The molecule has 0 bridgehead atoms. The van der Waals surface area contributed by atoms with E-state index in [1.54, 1.807) is 6.07 Å². The molecular formula is C15H21N5O2. The van der Waals surface area contributed by atoms with Gasteiger partial charge in [0.1, 0.15) is 17.7 Å². The maximum Gasteiger partial charge on any atom is 0.407 e. The molecule has 4 N–H and O–H groups in total. The number of carbonyl (C=O) groups excluding carboxylic acids is 1. The molecular weight excluding hydrogens is 282 g/mol. The van der Waals surface area contributed by atoms with Crippen LogP contribution in [-0.2, 0) is 4.74 Å². The number of alkyl carbamates (subject to hydrolysis) is 1. The minimum absolute atomic E-state index is 0.419. The molecule has 0 radical (unpaired) electrons. The topological polar surface area (TPSA) is 102 Å². The standard InChI is InChI=1S/C15H21N5O2/c1-15(2,3)22-14(21)18-7-6-17-13-11-8-10(16)4-5-12(11)19-9-20-13/h4-5,8-9H,6-7,16H2,1-3H3,(H,18,21)(H,17,19,20). The van der Waals surface area contributed by atoms with Crippen molar-refractivity contribution < 1.29 is 9.53 Å². The molecule has 0 saturated heterocycles. The number of ether oxygens (including phenoxy) is 1. The van der Waals surface area contributed by atoms with Gasteiger partial charge in [-0.3, -0.25) is 0 Å². The number of benzene rings is 1. The summed E-state index contributed by atoms with van der Waals surface area (Å²) in [6.45, 7) is 6.40. The monoisotopic (exact) mass is 303 g/mol. The Morgan fingerprint density at radius 2 is 2.05 bits per heavy atom. The average Bonchev–Trinajstić information content (AvgIpc) is 2.42. The van der Waals surface area contributed by atoms with Crippen LogP contribution in [-0.4, -0.2) is 34.8 Å². The quantitative estimate of drug-likeness (QED) is 0.591. The van der Waals surface area contributed by atoms with Gasteiger partial charge in [0.05, 0.1) is 5.52 Å². The van der Waals surface area contributed by atoms with Crippen LogP contribution in [0.1, 0.15) is 20.8 Å². The largest absolute Gasteiger partial charge is 0.444 e. The van der Waals surface area contributed by atoms with Gasteiger partial charge in [-0.1, -0.05) is 0 Å². The van der Waals surface area contributed by atoms with Crippen molar-refractivity contribution in [2.45, 2.75) is 26.4 Å². The van der Waals surface area contributed by atoms with Crippen molar-refractivity contribution >= 4 is 28.5 Å². The van der Waals surface area contributed by atoms with Crippen LogP contribution in [0.5, 0.6) is 0 Å². The zero-order valence-electron chi connectivity index (χ0n) is 13.0. The van der Waals surface area contributed by atoms with E-state index in [0.29, 0.717) is 24.6 Å². The molecule has 0 aliphatic rings. The van der Waals surface area contributed by atoms with Gasteiger partial charge >= 0.3 is 6.09 Å². The van der Waals surface area contributed by atoms with Gasteiger partial charge < -0.3 is 21.1 Å². The van der Waals surface area contributed by atoms with Crippen molar-refractivity contribution in [2.75, 3.05) is 24.1 Å². The molecule has 0 unspecified atom stereocenters. The van der Waals surface area contributed by atoms with Gasteiger partial charge in [-0.05, 0) is 39.0 Å². The van der Waals surface area contributed by atoms with Crippen LogP contribution >= 0.6 is 0 Å². The SMILES string of the molecule is CC(C)(C)OC(=O)NCCNc1ncnc2ccc(N)cc12. The Morgan fingerprint density at radius 3 is 2.77 bits per heavy atom. The highest BCUT2D eigenvalue weighted by Gasteiger charge is 2.15. The molecule has 22 heavy (non-hydrogen) atoms. The number of nitrogen functional groups attached to an aromatic ring is 1. The third-order valence-corrected chi connectivity index (χ3v) is 2.75. The van der Waals surface area contributed by atoms with Gasteiger partial charge in [-0.2, -0.15) is 0 Å². The Bertz CT molecular complexity index is 667. The van der Waals surface area contributed by atoms with Crippen molar-refractivity contribution in [1.29, 1.82) is 0 Å². The highest BCUT2D eigenvalue weighted by atomic mass is 16.6. The summed E-state index contributed by atoms with van der Waals surface area (Å²) in [5.74, 6) is 0.684. The Labute approximate surface area is 129 Å². The molecule has 118 valence electrons. The Hall–Kier alpha value is -2.57. The number of hydrogen-bond acceptors (Lipinski definition) is 6. The minimum atomic E-state index is -0.502. The molecule has 0 aliphatic heterocycles. The summed E-state index contributed by atoms with van der Waals surface area (Å²) >= 11 is 0. The lowest BCUT2D eigenvalue weighted by atomic mass is 10.2. The van der Waals surface area contributed by atoms with Gasteiger partial charge in [0, 0.05) is 24.2 Å². The van der Waals surface area contributed by atoms with E-state index < -0.39 is 11.7 Å². The number of amides is 1. The zero-order valence-corrected chi connectivity index (χ0v) is 13.0. The molecule has 7 heteroatoms. The predicted molar refractivity (Wildman–Crippen MR) is 86.7 cm³/mol. The Balaban J connectivity index is 1.90. The number of carbonyl (C=O) groups is 1. The highest BCUT2D eigenvalue weighted by molar-refractivity contribution is 5.91. The van der Waals surface area contributed by atoms with Gasteiger partial charge in [0.25, 0.3) is 0 Å². The summed E-state index contributed by atoms with van der Waals surface area (Å²) in [5, 5.41) is 6.68. The van der Waals surface area contributed by atoms with Gasteiger partial charge in [0.2, 0.25) is 0 Å². The number of nitrogens with one attached hydrogen (secondary N) is 2. The smallest absolute Gasteiger partial charge is 0.407 e. The Kier molecular flexibility index (Phi) is 4.65. The fraction of sp³-hybridized carbons (Fsp3) is 0.400. The third-order valence-electron chi connectivity index (χ3n) is 2.75. The normalized spacial score (nSPS) is 11.2. The summed E-state index contributed by atoms with van der Waals surface area (Å²) < 4.78 is 5.16. The third kappa shape index (κ3) is 4.47. The maximum absolute atomic E-state index is 11.5. The number of hydrogen-bond donors (Lipinski definition) is 3. The Morgan fingerprint density at radius 1 is 1.27 bits per heavy atom. The minimum Gasteiger partial charge on any atom is -0.444 e.